The van der Waals surface area contributed by atoms with Gasteiger partial charge in [0.25, 0.3) is 0 Å². The molecule has 0 aliphatic rings. The van der Waals surface area contributed by atoms with Crippen LogP contribution in [-0.4, -0.2) is 0 Å². The molecule has 0 radical (unpaired) electrons. The fourth-order valence-electron chi connectivity index (χ4n) is 1.86. The fourth-order valence-corrected chi connectivity index (χ4v) is 2.37. The smallest absolute Gasteiger partial charge is 0.142 e. The molecule has 1 unspecified atom stereocenters. The van der Waals surface area contributed by atoms with E-state index >= 15 is 0 Å². The van der Waals surface area contributed by atoms with E-state index in [4.69, 9.17) is 28.9 Å². The van der Waals surface area contributed by atoms with E-state index in [2.05, 4.69) is 0 Å². The zero-order valence-electron chi connectivity index (χ0n) is 9.84. The molecule has 100 valence electrons. The van der Waals surface area contributed by atoms with Gasteiger partial charge in [0.1, 0.15) is 11.6 Å². The lowest BCUT2D eigenvalue weighted by Gasteiger charge is -2.15. The first-order chi connectivity index (χ1) is 8.99. The molecule has 0 saturated heterocycles. The van der Waals surface area contributed by atoms with Gasteiger partial charge >= 0.3 is 0 Å². The molecule has 1 atom stereocenters. The molecule has 2 rings (SSSR count). The van der Waals surface area contributed by atoms with Crippen molar-refractivity contribution in [2.24, 2.45) is 5.73 Å². The predicted octanol–water partition coefficient (Wildman–Crippen LogP) is 4.51. The lowest BCUT2D eigenvalue weighted by molar-refractivity contribution is 0.620. The molecule has 0 aromatic heterocycles. The average molecular weight is 302 g/mol. The Hall–Kier alpha value is -1.16. The van der Waals surface area contributed by atoms with E-state index in [0.29, 0.717) is 17.5 Å². The summed E-state index contributed by atoms with van der Waals surface area (Å²) in [6.07, 6.45) is 0.321. The lowest BCUT2D eigenvalue weighted by atomic mass is 9.99. The van der Waals surface area contributed by atoms with E-state index < -0.39 is 17.7 Å². The highest BCUT2D eigenvalue weighted by molar-refractivity contribution is 6.31. The minimum atomic E-state index is -0.489. The molecule has 2 aromatic rings. The first kappa shape index (κ1) is 14.3. The molecular formula is C14H11Cl2F2N. The first-order valence-corrected chi connectivity index (χ1v) is 6.38. The summed E-state index contributed by atoms with van der Waals surface area (Å²) in [6.45, 7) is 0. The summed E-state index contributed by atoms with van der Waals surface area (Å²) < 4.78 is 26.3. The van der Waals surface area contributed by atoms with Gasteiger partial charge in [-0.05, 0) is 35.7 Å². The number of halogens is 4. The quantitative estimate of drug-likeness (QED) is 0.886. The summed E-state index contributed by atoms with van der Waals surface area (Å²) in [5.74, 6) is -0.915. The normalized spacial score (nSPS) is 12.5. The molecule has 5 heteroatoms. The minimum Gasteiger partial charge on any atom is -0.324 e. The molecule has 0 aliphatic heterocycles. The van der Waals surface area contributed by atoms with Gasteiger partial charge in [-0.1, -0.05) is 41.4 Å². The first-order valence-electron chi connectivity index (χ1n) is 5.62. The van der Waals surface area contributed by atoms with E-state index in [1.165, 1.54) is 24.3 Å². The van der Waals surface area contributed by atoms with Gasteiger partial charge in [0.15, 0.2) is 0 Å². The maximum Gasteiger partial charge on any atom is 0.142 e. The maximum atomic E-state index is 13.3. The van der Waals surface area contributed by atoms with E-state index in [-0.39, 0.29) is 10.0 Å². The van der Waals surface area contributed by atoms with Crippen LogP contribution in [0, 0.1) is 11.6 Å². The van der Waals surface area contributed by atoms with Crippen LogP contribution in [-0.2, 0) is 6.42 Å². The van der Waals surface area contributed by atoms with Gasteiger partial charge in [-0.2, -0.15) is 0 Å². The second kappa shape index (κ2) is 5.87. The van der Waals surface area contributed by atoms with Gasteiger partial charge in [-0.25, -0.2) is 8.78 Å². The third kappa shape index (κ3) is 3.24. The summed E-state index contributed by atoms with van der Waals surface area (Å²) in [4.78, 5) is 0. The molecule has 0 heterocycles. The zero-order valence-corrected chi connectivity index (χ0v) is 11.3. The highest BCUT2D eigenvalue weighted by Gasteiger charge is 2.14. The largest absolute Gasteiger partial charge is 0.324 e. The summed E-state index contributed by atoms with van der Waals surface area (Å²) >= 11 is 11.8. The summed E-state index contributed by atoms with van der Waals surface area (Å²) in [5.41, 5.74) is 7.20. The Morgan fingerprint density at radius 1 is 1.11 bits per heavy atom. The van der Waals surface area contributed by atoms with Crippen LogP contribution in [0.25, 0.3) is 0 Å². The van der Waals surface area contributed by atoms with Crippen LogP contribution in [0.3, 0.4) is 0 Å². The Kier molecular flexibility index (Phi) is 4.40. The second-order valence-electron chi connectivity index (χ2n) is 4.19. The summed E-state index contributed by atoms with van der Waals surface area (Å²) in [6, 6.07) is 8.07. The van der Waals surface area contributed by atoms with Gasteiger partial charge in [0.05, 0.1) is 5.02 Å². The van der Waals surface area contributed by atoms with Crippen molar-refractivity contribution in [2.75, 3.05) is 0 Å². The predicted molar refractivity (Wildman–Crippen MR) is 73.5 cm³/mol. The standard InChI is InChI=1S/C14H11Cl2F2N/c15-11-7-9(17)4-5-10(11)13(19)6-8-2-1-3-12(18)14(8)16/h1-5,7,13H,6,19H2. The van der Waals surface area contributed by atoms with Crippen molar-refractivity contribution < 1.29 is 8.78 Å². The van der Waals surface area contributed by atoms with Crippen molar-refractivity contribution in [3.63, 3.8) is 0 Å². The second-order valence-corrected chi connectivity index (χ2v) is 4.97. The monoisotopic (exact) mass is 301 g/mol. The molecule has 0 saturated carbocycles. The number of hydrogen-bond donors (Lipinski definition) is 1. The van der Waals surface area contributed by atoms with Crippen molar-refractivity contribution >= 4 is 23.2 Å². The molecule has 2 N–H and O–H groups in total. The Morgan fingerprint density at radius 2 is 1.84 bits per heavy atom. The molecule has 0 aliphatic carbocycles. The number of nitrogens with two attached hydrogens (primary N) is 1. The van der Waals surface area contributed by atoms with Gasteiger partial charge in [0.2, 0.25) is 0 Å². The number of rotatable bonds is 3. The highest BCUT2D eigenvalue weighted by atomic mass is 35.5. The van der Waals surface area contributed by atoms with Gasteiger partial charge < -0.3 is 5.73 Å². The lowest BCUT2D eigenvalue weighted by Crippen LogP contribution is -2.14. The molecule has 1 nitrogen and oxygen atoms in total. The van der Waals surface area contributed by atoms with Crippen molar-refractivity contribution in [3.05, 3.63) is 69.2 Å². The van der Waals surface area contributed by atoms with E-state index in [0.717, 1.165) is 0 Å². The maximum absolute atomic E-state index is 13.3. The molecule has 0 fully saturated rings. The fraction of sp³-hybridized carbons (Fsp3) is 0.143. The topological polar surface area (TPSA) is 26.0 Å². The van der Waals surface area contributed by atoms with Crippen molar-refractivity contribution in [1.82, 2.24) is 0 Å². The number of benzene rings is 2. The van der Waals surface area contributed by atoms with E-state index in [9.17, 15) is 8.78 Å². The molecular weight excluding hydrogens is 291 g/mol. The Labute approximate surface area is 119 Å². The van der Waals surface area contributed by atoms with Crippen LogP contribution in [0.15, 0.2) is 36.4 Å². The van der Waals surface area contributed by atoms with Crippen LogP contribution in [0.1, 0.15) is 17.2 Å². The third-order valence-corrected chi connectivity index (χ3v) is 3.58. The average Bonchev–Trinajstić information content (AvgIpc) is 2.34. The Morgan fingerprint density at radius 3 is 2.53 bits per heavy atom. The third-order valence-electron chi connectivity index (χ3n) is 2.83. The molecule has 0 spiro atoms. The zero-order chi connectivity index (χ0) is 14.0. The van der Waals surface area contributed by atoms with Crippen LogP contribution in [0.4, 0.5) is 8.78 Å². The summed E-state index contributed by atoms with van der Waals surface area (Å²) in [7, 11) is 0. The Bertz CT molecular complexity index is 602. The van der Waals surface area contributed by atoms with Crippen LogP contribution < -0.4 is 5.73 Å². The van der Waals surface area contributed by atoms with Crippen molar-refractivity contribution in [3.8, 4) is 0 Å². The Balaban J connectivity index is 2.25. The van der Waals surface area contributed by atoms with Crippen molar-refractivity contribution in [2.45, 2.75) is 12.5 Å². The van der Waals surface area contributed by atoms with Crippen molar-refractivity contribution in [1.29, 1.82) is 0 Å². The summed E-state index contributed by atoms with van der Waals surface area (Å²) in [5, 5.41) is 0.302. The molecule has 19 heavy (non-hydrogen) atoms. The van der Waals surface area contributed by atoms with E-state index in [1.54, 1.807) is 12.1 Å². The minimum absolute atomic E-state index is 0.0520. The van der Waals surface area contributed by atoms with Gasteiger partial charge in [0, 0.05) is 11.1 Å². The highest BCUT2D eigenvalue weighted by Crippen LogP contribution is 2.28. The molecule has 0 amide bonds. The SMILES string of the molecule is NC(Cc1cccc(F)c1Cl)c1ccc(F)cc1Cl. The van der Waals surface area contributed by atoms with Crippen LogP contribution in [0.2, 0.25) is 10.0 Å². The van der Waals surface area contributed by atoms with Gasteiger partial charge in [-0.15, -0.1) is 0 Å². The van der Waals surface area contributed by atoms with E-state index in [1.807, 2.05) is 0 Å². The molecule has 0 bridgehead atoms. The van der Waals surface area contributed by atoms with Crippen LogP contribution in [0.5, 0.6) is 0 Å². The van der Waals surface area contributed by atoms with Crippen LogP contribution >= 0.6 is 23.2 Å². The van der Waals surface area contributed by atoms with Gasteiger partial charge in [-0.3, -0.25) is 0 Å². The molecule has 2 aromatic carbocycles. The number of hydrogen-bond acceptors (Lipinski definition) is 1.